The molecule has 1 aromatic heterocycles. The van der Waals surface area contributed by atoms with Gasteiger partial charge in [-0.2, -0.15) is 0 Å². The number of allylic oxidation sites excluding steroid dienone is 1. The van der Waals surface area contributed by atoms with Crippen molar-refractivity contribution in [2.45, 2.75) is 51.5 Å². The van der Waals surface area contributed by atoms with Gasteiger partial charge in [0.15, 0.2) is 0 Å². The van der Waals surface area contributed by atoms with Crippen LogP contribution in [-0.2, 0) is 5.41 Å². The lowest BCUT2D eigenvalue weighted by Gasteiger charge is -2.22. The molecule has 1 heterocycles. The summed E-state index contributed by atoms with van der Waals surface area (Å²) in [4.78, 5) is 4.50. The standard InChI is InChI=1S/C15H22N2/c1-15(2,3)12-9-10-14(16-11-12)17-13-7-5-4-6-8-13/h4-5,9-11,13H,6-8H2,1-3H3,(H,16,17). The molecule has 0 amide bonds. The van der Waals surface area contributed by atoms with Crippen molar-refractivity contribution in [3.63, 3.8) is 0 Å². The zero-order valence-electron chi connectivity index (χ0n) is 11.0. The molecule has 1 unspecified atom stereocenters. The topological polar surface area (TPSA) is 24.9 Å². The average molecular weight is 230 g/mol. The lowest BCUT2D eigenvalue weighted by atomic mass is 9.88. The summed E-state index contributed by atoms with van der Waals surface area (Å²) in [5.41, 5.74) is 1.46. The maximum atomic E-state index is 4.50. The molecule has 92 valence electrons. The van der Waals surface area contributed by atoms with Gasteiger partial charge in [0.25, 0.3) is 0 Å². The highest BCUT2D eigenvalue weighted by molar-refractivity contribution is 5.38. The van der Waals surface area contributed by atoms with Crippen molar-refractivity contribution < 1.29 is 0 Å². The predicted molar refractivity (Wildman–Crippen MR) is 73.3 cm³/mol. The van der Waals surface area contributed by atoms with Crippen LogP contribution >= 0.6 is 0 Å². The van der Waals surface area contributed by atoms with Crippen molar-refractivity contribution in [2.75, 3.05) is 5.32 Å². The lowest BCUT2D eigenvalue weighted by Crippen LogP contribution is -2.21. The number of nitrogens with one attached hydrogen (secondary N) is 1. The van der Waals surface area contributed by atoms with Crippen LogP contribution in [0.3, 0.4) is 0 Å². The highest BCUT2D eigenvalue weighted by atomic mass is 15.0. The Hall–Kier alpha value is -1.31. The summed E-state index contributed by atoms with van der Waals surface area (Å²) >= 11 is 0. The van der Waals surface area contributed by atoms with E-state index in [4.69, 9.17) is 0 Å². The SMILES string of the molecule is CC(C)(C)c1ccc(NC2CC=CCC2)nc1. The van der Waals surface area contributed by atoms with Gasteiger partial charge in [-0.25, -0.2) is 4.98 Å². The fraction of sp³-hybridized carbons (Fsp3) is 0.533. The van der Waals surface area contributed by atoms with E-state index in [2.05, 4.69) is 55.4 Å². The smallest absolute Gasteiger partial charge is 0.126 e. The Labute approximate surface area is 104 Å². The van der Waals surface area contributed by atoms with E-state index in [9.17, 15) is 0 Å². The molecule has 2 rings (SSSR count). The molecule has 1 aliphatic carbocycles. The summed E-state index contributed by atoms with van der Waals surface area (Å²) in [5, 5.41) is 3.50. The van der Waals surface area contributed by atoms with E-state index in [1.54, 1.807) is 0 Å². The number of hydrogen-bond donors (Lipinski definition) is 1. The van der Waals surface area contributed by atoms with Gasteiger partial charge in [0, 0.05) is 12.2 Å². The third kappa shape index (κ3) is 3.32. The van der Waals surface area contributed by atoms with Gasteiger partial charge in [-0.3, -0.25) is 0 Å². The summed E-state index contributed by atoms with van der Waals surface area (Å²) in [6.45, 7) is 6.63. The van der Waals surface area contributed by atoms with Crippen molar-refractivity contribution in [3.8, 4) is 0 Å². The summed E-state index contributed by atoms with van der Waals surface area (Å²) in [5.74, 6) is 0.998. The zero-order valence-corrected chi connectivity index (χ0v) is 11.0. The molecule has 2 heteroatoms. The van der Waals surface area contributed by atoms with Crippen molar-refractivity contribution in [1.29, 1.82) is 0 Å². The second kappa shape index (κ2) is 4.91. The van der Waals surface area contributed by atoms with Gasteiger partial charge < -0.3 is 5.32 Å². The second-order valence-electron chi connectivity index (χ2n) is 5.81. The highest BCUT2D eigenvalue weighted by Crippen LogP contribution is 2.22. The Bertz CT molecular complexity index is 384. The first-order valence-electron chi connectivity index (χ1n) is 6.44. The second-order valence-corrected chi connectivity index (χ2v) is 5.81. The molecule has 2 nitrogen and oxygen atoms in total. The molecule has 0 spiro atoms. The third-order valence-electron chi connectivity index (χ3n) is 3.25. The summed E-state index contributed by atoms with van der Waals surface area (Å²) < 4.78 is 0. The van der Waals surface area contributed by atoms with E-state index in [1.165, 1.54) is 18.4 Å². The van der Waals surface area contributed by atoms with E-state index in [-0.39, 0.29) is 5.41 Å². The predicted octanol–water partition coefficient (Wildman–Crippen LogP) is 3.90. The van der Waals surface area contributed by atoms with E-state index in [1.807, 2.05) is 6.20 Å². The number of hydrogen-bond acceptors (Lipinski definition) is 2. The fourth-order valence-corrected chi connectivity index (χ4v) is 2.06. The van der Waals surface area contributed by atoms with Gasteiger partial charge in [-0.05, 0) is 36.3 Å². The van der Waals surface area contributed by atoms with Crippen LogP contribution in [0.25, 0.3) is 0 Å². The Morgan fingerprint density at radius 2 is 2.06 bits per heavy atom. The lowest BCUT2D eigenvalue weighted by molar-refractivity contribution is 0.587. The van der Waals surface area contributed by atoms with Gasteiger partial charge in [-0.1, -0.05) is 39.0 Å². The molecule has 1 N–H and O–H groups in total. The van der Waals surface area contributed by atoms with Crippen LogP contribution in [0.1, 0.15) is 45.6 Å². The van der Waals surface area contributed by atoms with Gasteiger partial charge in [0.05, 0.1) is 0 Å². The summed E-state index contributed by atoms with van der Waals surface area (Å²) in [6.07, 6.45) is 10.00. The number of pyridine rings is 1. The van der Waals surface area contributed by atoms with Gasteiger partial charge >= 0.3 is 0 Å². The number of nitrogens with zero attached hydrogens (tertiary/aromatic N) is 1. The van der Waals surface area contributed by atoms with Gasteiger partial charge in [0.2, 0.25) is 0 Å². The van der Waals surface area contributed by atoms with E-state index in [0.29, 0.717) is 6.04 Å². The summed E-state index contributed by atoms with van der Waals surface area (Å²) in [6, 6.07) is 4.82. The number of rotatable bonds is 2. The van der Waals surface area contributed by atoms with Crippen LogP contribution < -0.4 is 5.32 Å². The molecule has 1 atom stereocenters. The van der Waals surface area contributed by atoms with Crippen molar-refractivity contribution in [3.05, 3.63) is 36.0 Å². The Morgan fingerprint density at radius 1 is 1.24 bits per heavy atom. The third-order valence-corrected chi connectivity index (χ3v) is 3.25. The zero-order chi connectivity index (χ0) is 12.3. The monoisotopic (exact) mass is 230 g/mol. The van der Waals surface area contributed by atoms with Crippen LogP contribution in [-0.4, -0.2) is 11.0 Å². The molecule has 0 radical (unpaired) electrons. The van der Waals surface area contributed by atoms with Crippen molar-refractivity contribution in [2.24, 2.45) is 0 Å². The minimum absolute atomic E-state index is 0.180. The first-order chi connectivity index (χ1) is 8.05. The summed E-state index contributed by atoms with van der Waals surface area (Å²) in [7, 11) is 0. The molecule has 0 saturated heterocycles. The van der Waals surface area contributed by atoms with Crippen molar-refractivity contribution in [1.82, 2.24) is 4.98 Å². The first kappa shape index (κ1) is 12.2. The molecule has 17 heavy (non-hydrogen) atoms. The first-order valence-corrected chi connectivity index (χ1v) is 6.44. The fourth-order valence-electron chi connectivity index (χ4n) is 2.06. The molecule has 0 fully saturated rings. The number of aromatic nitrogens is 1. The van der Waals surface area contributed by atoms with E-state index >= 15 is 0 Å². The molecule has 0 bridgehead atoms. The van der Waals surface area contributed by atoms with E-state index in [0.717, 1.165) is 12.2 Å². The maximum absolute atomic E-state index is 4.50. The molecular formula is C15H22N2. The molecule has 0 aromatic carbocycles. The van der Waals surface area contributed by atoms with Crippen LogP contribution in [0.5, 0.6) is 0 Å². The Balaban J connectivity index is 2.00. The minimum atomic E-state index is 0.180. The largest absolute Gasteiger partial charge is 0.367 e. The molecule has 1 aromatic rings. The van der Waals surface area contributed by atoms with Crippen LogP contribution in [0, 0.1) is 0 Å². The quantitative estimate of drug-likeness (QED) is 0.779. The van der Waals surface area contributed by atoms with Crippen molar-refractivity contribution >= 4 is 5.82 Å². The molecule has 0 aliphatic heterocycles. The normalized spacial score (nSPS) is 20.3. The number of anilines is 1. The average Bonchev–Trinajstić information content (AvgIpc) is 2.30. The van der Waals surface area contributed by atoms with Gasteiger partial charge in [-0.15, -0.1) is 0 Å². The molecular weight excluding hydrogens is 208 g/mol. The van der Waals surface area contributed by atoms with Crippen LogP contribution in [0.2, 0.25) is 0 Å². The van der Waals surface area contributed by atoms with Crippen LogP contribution in [0.4, 0.5) is 5.82 Å². The van der Waals surface area contributed by atoms with Crippen LogP contribution in [0.15, 0.2) is 30.5 Å². The highest BCUT2D eigenvalue weighted by Gasteiger charge is 2.14. The Morgan fingerprint density at radius 3 is 2.59 bits per heavy atom. The maximum Gasteiger partial charge on any atom is 0.126 e. The Kier molecular flexibility index (Phi) is 3.51. The molecule has 1 aliphatic rings. The molecule has 0 saturated carbocycles. The van der Waals surface area contributed by atoms with Gasteiger partial charge in [0.1, 0.15) is 5.82 Å². The minimum Gasteiger partial charge on any atom is -0.367 e. The van der Waals surface area contributed by atoms with E-state index < -0.39 is 0 Å².